The molecule has 1 aromatic carbocycles. The van der Waals surface area contributed by atoms with Crippen LogP contribution in [0.2, 0.25) is 0 Å². The smallest absolute Gasteiger partial charge is 0.309 e. The van der Waals surface area contributed by atoms with Crippen molar-refractivity contribution < 1.29 is 27.5 Å². The van der Waals surface area contributed by atoms with Gasteiger partial charge in [0.2, 0.25) is 10.0 Å². The molecule has 8 nitrogen and oxygen atoms in total. The monoisotopic (exact) mass is 464 g/mol. The highest BCUT2D eigenvalue weighted by atomic mass is 32.2. The van der Waals surface area contributed by atoms with E-state index in [1.54, 1.807) is 19.1 Å². The normalized spacial score (nSPS) is 19.8. The maximum atomic E-state index is 12.9. The number of hydrogen-bond donors (Lipinski definition) is 1. The third kappa shape index (κ3) is 5.95. The number of Topliss-reactive ketones (excluding diaryl/α,β-unsaturated/α-hetero) is 1. The molecular formula is C23H32N2O6S. The van der Waals surface area contributed by atoms with Crippen LogP contribution in [0.25, 0.3) is 0 Å². The van der Waals surface area contributed by atoms with Crippen molar-refractivity contribution in [1.29, 1.82) is 0 Å². The molecule has 1 heterocycles. The molecule has 1 aliphatic heterocycles. The first-order chi connectivity index (χ1) is 15.2. The number of amides is 1. The molecule has 0 aromatic heterocycles. The molecule has 2 aliphatic rings. The molecule has 3 rings (SSSR count). The van der Waals surface area contributed by atoms with Crippen LogP contribution in [0, 0.1) is 5.92 Å². The van der Waals surface area contributed by atoms with Crippen molar-refractivity contribution in [3.63, 3.8) is 0 Å². The van der Waals surface area contributed by atoms with Crippen molar-refractivity contribution >= 4 is 27.7 Å². The Kier molecular flexibility index (Phi) is 8.05. The van der Waals surface area contributed by atoms with Gasteiger partial charge in [0.15, 0.2) is 11.9 Å². The number of ether oxygens (including phenoxy) is 1. The number of esters is 1. The Bertz CT molecular complexity index is 947. The quantitative estimate of drug-likeness (QED) is 0.491. The molecule has 1 saturated carbocycles. The van der Waals surface area contributed by atoms with Crippen LogP contribution in [0.5, 0.6) is 0 Å². The summed E-state index contributed by atoms with van der Waals surface area (Å²) >= 11 is 0. The first-order valence-corrected chi connectivity index (χ1v) is 12.7. The van der Waals surface area contributed by atoms with Gasteiger partial charge < -0.3 is 10.1 Å². The van der Waals surface area contributed by atoms with Crippen LogP contribution in [0.3, 0.4) is 0 Å². The maximum absolute atomic E-state index is 12.9. The Morgan fingerprint density at radius 2 is 1.72 bits per heavy atom. The van der Waals surface area contributed by atoms with Crippen molar-refractivity contribution in [3.05, 3.63) is 29.8 Å². The molecule has 0 radical (unpaired) electrons. The number of ketones is 1. The van der Waals surface area contributed by atoms with Gasteiger partial charge in [-0.1, -0.05) is 31.4 Å². The Morgan fingerprint density at radius 1 is 1.06 bits per heavy atom. The average molecular weight is 465 g/mol. The lowest BCUT2D eigenvalue weighted by Crippen LogP contribution is -2.44. The standard InChI is InChI=1S/C23H32N2O6S/c1-16(26)19-7-6-10-21(15-19)32(29,30)25-13-11-18(12-14-25)23(28)31-17(2)22(27)24-20-8-4-3-5-9-20/h6-7,10,15,17-18,20H,3-5,8-9,11-14H2,1-2H3,(H,24,27)/t17-/m0/s1. The van der Waals surface area contributed by atoms with Crippen LogP contribution in [-0.4, -0.2) is 55.6 Å². The second kappa shape index (κ2) is 10.6. The third-order valence-electron chi connectivity index (χ3n) is 6.28. The first kappa shape index (κ1) is 24.4. The number of carbonyl (C=O) groups excluding carboxylic acids is 3. The molecule has 0 unspecified atom stereocenters. The van der Waals surface area contributed by atoms with Gasteiger partial charge in [-0.2, -0.15) is 4.31 Å². The summed E-state index contributed by atoms with van der Waals surface area (Å²) in [5.74, 6) is -1.40. The van der Waals surface area contributed by atoms with Gasteiger partial charge in [-0.25, -0.2) is 8.42 Å². The number of sulfonamides is 1. The van der Waals surface area contributed by atoms with Crippen molar-refractivity contribution in [2.24, 2.45) is 5.92 Å². The molecule has 1 saturated heterocycles. The highest BCUT2D eigenvalue weighted by Crippen LogP contribution is 2.26. The molecular weight excluding hydrogens is 432 g/mol. The van der Waals surface area contributed by atoms with Crippen LogP contribution in [0.15, 0.2) is 29.2 Å². The van der Waals surface area contributed by atoms with Crippen LogP contribution >= 0.6 is 0 Å². The Morgan fingerprint density at radius 3 is 2.34 bits per heavy atom. The summed E-state index contributed by atoms with van der Waals surface area (Å²) in [4.78, 5) is 36.5. The minimum atomic E-state index is -3.76. The molecule has 1 aromatic rings. The summed E-state index contributed by atoms with van der Waals surface area (Å²) in [6.45, 7) is 3.31. The number of rotatable bonds is 7. The zero-order valence-electron chi connectivity index (χ0n) is 18.7. The van der Waals surface area contributed by atoms with Gasteiger partial charge in [-0.3, -0.25) is 14.4 Å². The topological polar surface area (TPSA) is 110 Å². The lowest BCUT2D eigenvalue weighted by molar-refractivity contribution is -0.160. The minimum absolute atomic E-state index is 0.0687. The maximum Gasteiger partial charge on any atom is 0.309 e. The van der Waals surface area contributed by atoms with Gasteiger partial charge in [-0.05, 0) is 51.7 Å². The van der Waals surface area contributed by atoms with Gasteiger partial charge in [0.05, 0.1) is 10.8 Å². The van der Waals surface area contributed by atoms with E-state index in [-0.39, 0.29) is 35.7 Å². The zero-order chi connectivity index (χ0) is 23.3. The summed E-state index contributed by atoms with van der Waals surface area (Å²) in [6.07, 6.45) is 5.05. The number of nitrogens with zero attached hydrogens (tertiary/aromatic N) is 1. The van der Waals surface area contributed by atoms with E-state index >= 15 is 0 Å². The van der Waals surface area contributed by atoms with E-state index in [9.17, 15) is 22.8 Å². The van der Waals surface area contributed by atoms with Gasteiger partial charge >= 0.3 is 5.97 Å². The fraction of sp³-hybridized carbons (Fsp3) is 0.609. The van der Waals surface area contributed by atoms with Crippen molar-refractivity contribution in [1.82, 2.24) is 9.62 Å². The molecule has 176 valence electrons. The second-order valence-corrected chi connectivity index (χ2v) is 10.6. The Balaban J connectivity index is 1.52. The van der Waals surface area contributed by atoms with E-state index in [0.29, 0.717) is 18.4 Å². The number of nitrogens with one attached hydrogen (secondary N) is 1. The van der Waals surface area contributed by atoms with Crippen LogP contribution < -0.4 is 5.32 Å². The molecule has 1 aliphatic carbocycles. The van der Waals surface area contributed by atoms with Crippen LogP contribution in [-0.2, 0) is 24.3 Å². The SMILES string of the molecule is CC(=O)c1cccc(S(=O)(=O)N2CCC(C(=O)O[C@@H](C)C(=O)NC3CCCCC3)CC2)c1. The molecule has 32 heavy (non-hydrogen) atoms. The summed E-state index contributed by atoms with van der Waals surface area (Å²) < 4.78 is 32.6. The highest BCUT2D eigenvalue weighted by molar-refractivity contribution is 7.89. The summed E-state index contributed by atoms with van der Waals surface area (Å²) in [5, 5.41) is 2.96. The van der Waals surface area contributed by atoms with Crippen LogP contribution in [0.4, 0.5) is 0 Å². The Labute approximate surface area is 189 Å². The van der Waals surface area contributed by atoms with Crippen molar-refractivity contribution in [2.45, 2.75) is 75.8 Å². The highest BCUT2D eigenvalue weighted by Gasteiger charge is 2.34. The summed E-state index contributed by atoms with van der Waals surface area (Å²) in [7, 11) is -3.76. The lowest BCUT2D eigenvalue weighted by atomic mass is 9.95. The third-order valence-corrected chi connectivity index (χ3v) is 8.17. The van der Waals surface area contributed by atoms with E-state index in [1.165, 1.54) is 29.8 Å². The van der Waals surface area contributed by atoms with Crippen LogP contribution in [0.1, 0.15) is 69.2 Å². The number of benzene rings is 1. The lowest BCUT2D eigenvalue weighted by Gasteiger charge is -2.31. The van der Waals surface area contributed by atoms with Crippen molar-refractivity contribution in [3.8, 4) is 0 Å². The minimum Gasteiger partial charge on any atom is -0.452 e. The number of hydrogen-bond acceptors (Lipinski definition) is 6. The summed E-state index contributed by atoms with van der Waals surface area (Å²) in [5.41, 5.74) is 0.338. The second-order valence-electron chi connectivity index (χ2n) is 8.69. The number of carbonyl (C=O) groups is 3. The van der Waals surface area contributed by atoms with Gasteiger partial charge in [0, 0.05) is 24.7 Å². The van der Waals surface area contributed by atoms with Crippen molar-refractivity contribution in [2.75, 3.05) is 13.1 Å². The molecule has 0 spiro atoms. The predicted octanol–water partition coefficient (Wildman–Crippen LogP) is 2.67. The van der Waals surface area contributed by atoms with Gasteiger partial charge in [0.25, 0.3) is 5.91 Å². The Hall–Kier alpha value is -2.26. The van der Waals surface area contributed by atoms with E-state index in [2.05, 4.69) is 5.32 Å². The van der Waals surface area contributed by atoms with Gasteiger partial charge in [-0.15, -0.1) is 0 Å². The summed E-state index contributed by atoms with van der Waals surface area (Å²) in [6, 6.07) is 6.12. The van der Waals surface area contributed by atoms with E-state index in [4.69, 9.17) is 4.74 Å². The van der Waals surface area contributed by atoms with Gasteiger partial charge in [0.1, 0.15) is 0 Å². The average Bonchev–Trinajstić information content (AvgIpc) is 2.79. The van der Waals surface area contributed by atoms with E-state index < -0.39 is 28.0 Å². The molecule has 0 bridgehead atoms. The molecule has 2 fully saturated rings. The van der Waals surface area contributed by atoms with E-state index in [0.717, 1.165) is 25.7 Å². The number of piperidine rings is 1. The first-order valence-electron chi connectivity index (χ1n) is 11.3. The predicted molar refractivity (Wildman–Crippen MR) is 118 cm³/mol. The molecule has 1 N–H and O–H groups in total. The largest absolute Gasteiger partial charge is 0.452 e. The molecule has 1 amide bonds. The fourth-order valence-electron chi connectivity index (χ4n) is 4.25. The molecule has 9 heteroatoms. The zero-order valence-corrected chi connectivity index (χ0v) is 19.5. The molecule has 1 atom stereocenters. The van der Waals surface area contributed by atoms with E-state index in [1.807, 2.05) is 0 Å². The fourth-order valence-corrected chi connectivity index (χ4v) is 5.76.